The summed E-state index contributed by atoms with van der Waals surface area (Å²) in [6, 6.07) is 5.33. The van der Waals surface area contributed by atoms with Crippen LogP contribution in [0.5, 0.6) is 0 Å². The maximum atomic E-state index is 3.18. The van der Waals surface area contributed by atoms with Gasteiger partial charge in [0.15, 0.2) is 0 Å². The monoisotopic (exact) mass is 797 g/mol. The summed E-state index contributed by atoms with van der Waals surface area (Å²) in [5.41, 5.74) is 0. The second-order valence-electron chi connectivity index (χ2n) is 23.8. The lowest BCUT2D eigenvalue weighted by molar-refractivity contribution is 0.00810. The van der Waals surface area contributed by atoms with Crippen LogP contribution in [-0.2, 0) is 0 Å². The molecule has 2 heteroatoms. The van der Waals surface area contributed by atoms with E-state index >= 15 is 0 Å². The molecule has 0 spiro atoms. The van der Waals surface area contributed by atoms with E-state index in [9.17, 15) is 0 Å². The molecule has 0 N–H and O–H groups in total. The van der Waals surface area contributed by atoms with Crippen LogP contribution < -0.4 is 0 Å². The number of nitrogens with zero attached hydrogens (tertiary/aromatic N) is 2. The van der Waals surface area contributed by atoms with Gasteiger partial charge in [-0.1, -0.05) is 52.0 Å². The van der Waals surface area contributed by atoms with Crippen molar-refractivity contribution in [3.8, 4) is 0 Å². The summed E-state index contributed by atoms with van der Waals surface area (Å²) >= 11 is 0. The first-order valence-electron chi connectivity index (χ1n) is 27.3. The molecule has 8 aliphatic carbocycles. The zero-order valence-corrected chi connectivity index (χ0v) is 39.1. The molecule has 0 radical (unpaired) electrons. The molecule has 330 valence electrons. The van der Waals surface area contributed by atoms with Gasteiger partial charge in [0, 0.05) is 36.3 Å². The Hall–Kier alpha value is -0.600. The summed E-state index contributed by atoms with van der Waals surface area (Å²) in [6.45, 7) is 10.0. The Balaban J connectivity index is 0.725. The van der Waals surface area contributed by atoms with Crippen molar-refractivity contribution in [1.82, 2.24) is 9.80 Å². The third-order valence-electron chi connectivity index (χ3n) is 19.6. The quantitative estimate of drug-likeness (QED) is 0.192. The second kappa shape index (κ2) is 21.7. The Morgan fingerprint density at radius 3 is 0.603 bits per heavy atom. The van der Waals surface area contributed by atoms with Crippen LogP contribution in [0.1, 0.15) is 233 Å². The molecule has 0 heterocycles. The maximum Gasteiger partial charge on any atom is 0.0102 e. The highest BCUT2D eigenvalue weighted by atomic mass is 15.2. The molecule has 58 heavy (non-hydrogen) atoms. The molecule has 0 aromatic heterocycles. The molecular weight excluding hydrogens is 701 g/mol. The van der Waals surface area contributed by atoms with Crippen LogP contribution in [0.4, 0.5) is 0 Å². The maximum absolute atomic E-state index is 3.18. The van der Waals surface area contributed by atoms with E-state index < -0.39 is 0 Å². The van der Waals surface area contributed by atoms with Crippen LogP contribution in [0.3, 0.4) is 0 Å². The lowest BCUT2D eigenvalue weighted by Gasteiger charge is -2.49. The molecule has 0 bridgehead atoms. The lowest BCUT2D eigenvalue weighted by atomic mass is 9.69. The van der Waals surface area contributed by atoms with Gasteiger partial charge in [0.2, 0.25) is 0 Å². The van der Waals surface area contributed by atoms with Crippen molar-refractivity contribution in [1.29, 1.82) is 0 Å². The standard InChI is InChI=1S/C56H96N2/c1-41-5-29-51(30-6-41)57(52-31-7-42(2)8-32-52)55-37-21-47(22-38-55)15-13-45-17-25-49(26-18-45)50-27-19-46(20-28-50)14-16-48-23-39-56(40-24-48)58(53-33-9-43(3)10-34-53)54-35-11-44(4)12-36-54/h13-16,41-56H,5-12,17-40H2,1-4H3. The Labute approximate surface area is 361 Å². The number of allylic oxidation sites excluding steroid dienone is 4. The molecule has 8 aliphatic rings. The third kappa shape index (κ3) is 11.9. The summed E-state index contributed by atoms with van der Waals surface area (Å²) in [4.78, 5) is 6.36. The fraction of sp³-hybridized carbons (Fsp3) is 0.929. The molecule has 0 saturated heterocycles. The summed E-state index contributed by atoms with van der Waals surface area (Å²) in [6.07, 6.45) is 58.3. The molecule has 8 rings (SSSR count). The normalized spacial score (nSPS) is 45.3. The van der Waals surface area contributed by atoms with Crippen LogP contribution in [0, 0.1) is 59.2 Å². The number of hydrogen-bond acceptors (Lipinski definition) is 2. The van der Waals surface area contributed by atoms with Gasteiger partial charge in [0.05, 0.1) is 0 Å². The first kappa shape index (κ1) is 44.0. The van der Waals surface area contributed by atoms with Gasteiger partial charge < -0.3 is 0 Å². The van der Waals surface area contributed by atoms with Crippen LogP contribution in [-0.4, -0.2) is 46.1 Å². The zero-order valence-electron chi connectivity index (χ0n) is 39.1. The average Bonchev–Trinajstić information content (AvgIpc) is 3.26. The van der Waals surface area contributed by atoms with Crippen molar-refractivity contribution in [3.63, 3.8) is 0 Å². The van der Waals surface area contributed by atoms with Crippen molar-refractivity contribution in [2.75, 3.05) is 0 Å². The molecule has 0 aromatic carbocycles. The zero-order chi connectivity index (χ0) is 39.8. The molecule has 8 fully saturated rings. The van der Waals surface area contributed by atoms with Crippen molar-refractivity contribution in [3.05, 3.63) is 24.3 Å². The Bertz CT molecular complexity index is 1060. The van der Waals surface area contributed by atoms with Gasteiger partial charge >= 0.3 is 0 Å². The predicted octanol–water partition coefficient (Wildman–Crippen LogP) is 15.7. The second-order valence-corrected chi connectivity index (χ2v) is 23.8. The van der Waals surface area contributed by atoms with E-state index in [4.69, 9.17) is 0 Å². The minimum atomic E-state index is 0.859. The van der Waals surface area contributed by atoms with E-state index in [-0.39, 0.29) is 0 Å². The Morgan fingerprint density at radius 2 is 0.397 bits per heavy atom. The fourth-order valence-electron chi connectivity index (χ4n) is 15.4. The fourth-order valence-corrected chi connectivity index (χ4v) is 15.4. The van der Waals surface area contributed by atoms with Crippen molar-refractivity contribution < 1.29 is 0 Å². The molecule has 0 aliphatic heterocycles. The van der Waals surface area contributed by atoms with Crippen LogP contribution in [0.2, 0.25) is 0 Å². The Kier molecular flexibility index (Phi) is 16.4. The van der Waals surface area contributed by atoms with Gasteiger partial charge in [0.1, 0.15) is 0 Å². The van der Waals surface area contributed by atoms with Gasteiger partial charge in [-0.2, -0.15) is 0 Å². The lowest BCUT2D eigenvalue weighted by Crippen LogP contribution is -2.52. The SMILES string of the molecule is CC1CCC(N(C2CCC(C)CC2)C2CCC(C=CC3CCC(C4CCC(C=CC5CCC(N(C6CCC(C)CC6)C6CCC(C)CC6)CC5)CC4)CC3)CC2)CC1. The highest BCUT2D eigenvalue weighted by molar-refractivity contribution is 5.02. The molecule has 2 nitrogen and oxygen atoms in total. The third-order valence-corrected chi connectivity index (χ3v) is 19.6. The highest BCUT2D eigenvalue weighted by Gasteiger charge is 2.39. The first-order chi connectivity index (χ1) is 28.3. The summed E-state index contributed by atoms with van der Waals surface area (Å²) in [5.74, 6) is 9.37. The summed E-state index contributed by atoms with van der Waals surface area (Å²) in [5, 5.41) is 0. The van der Waals surface area contributed by atoms with E-state index in [2.05, 4.69) is 61.8 Å². The molecule has 0 atom stereocenters. The van der Waals surface area contributed by atoms with E-state index in [1.165, 1.54) is 205 Å². The number of hydrogen-bond donors (Lipinski definition) is 0. The van der Waals surface area contributed by atoms with Gasteiger partial charge in [-0.3, -0.25) is 9.80 Å². The van der Waals surface area contributed by atoms with E-state index in [1.54, 1.807) is 0 Å². The molecule has 0 unspecified atom stereocenters. The minimum Gasteiger partial charge on any atom is -0.294 e. The van der Waals surface area contributed by atoms with Crippen LogP contribution >= 0.6 is 0 Å². The summed E-state index contributed by atoms with van der Waals surface area (Å²) < 4.78 is 0. The first-order valence-corrected chi connectivity index (χ1v) is 27.3. The number of rotatable bonds is 11. The molecule has 0 aromatic rings. The average molecular weight is 797 g/mol. The summed E-state index contributed by atoms with van der Waals surface area (Å²) in [7, 11) is 0. The van der Waals surface area contributed by atoms with Crippen molar-refractivity contribution in [2.24, 2.45) is 59.2 Å². The smallest absolute Gasteiger partial charge is 0.0102 e. The minimum absolute atomic E-state index is 0.859. The Morgan fingerprint density at radius 1 is 0.224 bits per heavy atom. The van der Waals surface area contributed by atoms with Crippen LogP contribution in [0.25, 0.3) is 0 Å². The van der Waals surface area contributed by atoms with Crippen molar-refractivity contribution >= 4 is 0 Å². The van der Waals surface area contributed by atoms with Gasteiger partial charge in [-0.15, -0.1) is 0 Å². The van der Waals surface area contributed by atoms with Gasteiger partial charge in [-0.05, 0) is 265 Å². The van der Waals surface area contributed by atoms with Gasteiger partial charge in [0.25, 0.3) is 0 Å². The predicted molar refractivity (Wildman–Crippen MR) is 250 cm³/mol. The van der Waals surface area contributed by atoms with Crippen molar-refractivity contribution in [2.45, 2.75) is 269 Å². The van der Waals surface area contributed by atoms with Gasteiger partial charge in [-0.25, -0.2) is 0 Å². The topological polar surface area (TPSA) is 6.48 Å². The molecule has 0 amide bonds. The largest absolute Gasteiger partial charge is 0.294 e. The van der Waals surface area contributed by atoms with E-state index in [0.29, 0.717) is 0 Å². The van der Waals surface area contributed by atoms with E-state index in [0.717, 1.165) is 95.4 Å². The van der Waals surface area contributed by atoms with Crippen LogP contribution in [0.15, 0.2) is 24.3 Å². The highest BCUT2D eigenvalue weighted by Crippen LogP contribution is 2.45. The molecular formula is C56H96N2. The van der Waals surface area contributed by atoms with E-state index in [1.807, 2.05) is 0 Å². The molecule has 8 saturated carbocycles.